The van der Waals surface area contributed by atoms with E-state index in [-0.39, 0.29) is 5.54 Å². The van der Waals surface area contributed by atoms with E-state index in [2.05, 4.69) is 37.3 Å². The highest BCUT2D eigenvalue weighted by Crippen LogP contribution is 2.24. The summed E-state index contributed by atoms with van der Waals surface area (Å²) in [7, 11) is 0. The standard InChI is InChI=1S/C17H27NO/c1-2-17(18,14-15-8-4-3-5-9-15)12-6-10-16-11-7-13-19-16/h3-5,8-9,16H,2,6-7,10-14,18H2,1H3. The summed E-state index contributed by atoms with van der Waals surface area (Å²) in [5.74, 6) is 0. The Morgan fingerprint density at radius 1 is 1.32 bits per heavy atom. The number of hydrogen-bond acceptors (Lipinski definition) is 2. The van der Waals surface area contributed by atoms with Crippen LogP contribution in [0.3, 0.4) is 0 Å². The predicted molar refractivity (Wildman–Crippen MR) is 80.2 cm³/mol. The maximum absolute atomic E-state index is 6.57. The van der Waals surface area contributed by atoms with Crippen LogP contribution in [0.2, 0.25) is 0 Å². The second-order valence-electron chi connectivity index (χ2n) is 5.91. The summed E-state index contributed by atoms with van der Waals surface area (Å²) in [5, 5.41) is 0. The van der Waals surface area contributed by atoms with Crippen molar-refractivity contribution in [3.63, 3.8) is 0 Å². The van der Waals surface area contributed by atoms with Gasteiger partial charge in [0.05, 0.1) is 6.10 Å². The van der Waals surface area contributed by atoms with E-state index in [1.807, 2.05) is 0 Å². The van der Waals surface area contributed by atoms with Gasteiger partial charge in [0, 0.05) is 12.1 Å². The van der Waals surface area contributed by atoms with Crippen molar-refractivity contribution in [3.8, 4) is 0 Å². The lowest BCUT2D eigenvalue weighted by Gasteiger charge is -2.29. The fourth-order valence-electron chi connectivity index (χ4n) is 2.95. The Bertz CT molecular complexity index is 359. The monoisotopic (exact) mass is 261 g/mol. The molecule has 19 heavy (non-hydrogen) atoms. The Morgan fingerprint density at radius 3 is 2.74 bits per heavy atom. The van der Waals surface area contributed by atoms with Gasteiger partial charge in [0.15, 0.2) is 0 Å². The first-order chi connectivity index (χ1) is 9.22. The van der Waals surface area contributed by atoms with Crippen LogP contribution in [0.4, 0.5) is 0 Å². The van der Waals surface area contributed by atoms with Gasteiger partial charge in [-0.1, -0.05) is 37.3 Å². The molecule has 0 spiro atoms. The Balaban J connectivity index is 1.79. The molecule has 2 unspecified atom stereocenters. The van der Waals surface area contributed by atoms with Crippen molar-refractivity contribution >= 4 is 0 Å². The van der Waals surface area contributed by atoms with Gasteiger partial charge < -0.3 is 10.5 Å². The molecule has 1 aliphatic heterocycles. The molecule has 0 aliphatic carbocycles. The molecule has 2 rings (SSSR count). The zero-order valence-electron chi connectivity index (χ0n) is 12.1. The van der Waals surface area contributed by atoms with Crippen molar-refractivity contribution < 1.29 is 4.74 Å². The molecule has 0 aromatic heterocycles. The molecular formula is C17H27NO. The first-order valence-electron chi connectivity index (χ1n) is 7.66. The third kappa shape index (κ3) is 4.63. The van der Waals surface area contributed by atoms with Crippen LogP contribution < -0.4 is 5.73 Å². The molecule has 2 atom stereocenters. The molecule has 2 heteroatoms. The van der Waals surface area contributed by atoms with Crippen molar-refractivity contribution in [1.82, 2.24) is 0 Å². The third-order valence-corrected chi connectivity index (χ3v) is 4.33. The average molecular weight is 261 g/mol. The highest BCUT2D eigenvalue weighted by atomic mass is 16.5. The molecular weight excluding hydrogens is 234 g/mol. The van der Waals surface area contributed by atoms with Crippen molar-refractivity contribution in [1.29, 1.82) is 0 Å². The summed E-state index contributed by atoms with van der Waals surface area (Å²) < 4.78 is 5.68. The predicted octanol–water partition coefficient (Wildman–Crippen LogP) is 3.69. The van der Waals surface area contributed by atoms with Crippen LogP contribution in [-0.4, -0.2) is 18.2 Å². The van der Waals surface area contributed by atoms with Crippen LogP contribution in [0.25, 0.3) is 0 Å². The minimum Gasteiger partial charge on any atom is -0.378 e. The van der Waals surface area contributed by atoms with E-state index >= 15 is 0 Å². The SMILES string of the molecule is CCC(N)(CCCC1CCCO1)Cc1ccccc1. The number of rotatable bonds is 7. The Morgan fingerprint density at radius 2 is 2.11 bits per heavy atom. The van der Waals surface area contributed by atoms with Crippen molar-refractivity contribution in [2.75, 3.05) is 6.61 Å². The molecule has 2 nitrogen and oxygen atoms in total. The molecule has 0 saturated carbocycles. The lowest BCUT2D eigenvalue weighted by atomic mass is 9.84. The molecule has 1 aromatic carbocycles. The van der Waals surface area contributed by atoms with E-state index in [9.17, 15) is 0 Å². The average Bonchev–Trinajstić information content (AvgIpc) is 2.93. The van der Waals surface area contributed by atoms with Crippen molar-refractivity contribution in [2.45, 2.75) is 63.5 Å². The normalized spacial score (nSPS) is 22.3. The van der Waals surface area contributed by atoms with E-state index < -0.39 is 0 Å². The summed E-state index contributed by atoms with van der Waals surface area (Å²) in [6.45, 7) is 3.16. The van der Waals surface area contributed by atoms with Crippen LogP contribution in [0.15, 0.2) is 30.3 Å². The minimum absolute atomic E-state index is 0.0556. The fourth-order valence-corrected chi connectivity index (χ4v) is 2.95. The molecule has 1 aliphatic rings. The van der Waals surface area contributed by atoms with Gasteiger partial charge in [-0.25, -0.2) is 0 Å². The quantitative estimate of drug-likeness (QED) is 0.812. The second-order valence-corrected chi connectivity index (χ2v) is 5.91. The molecule has 0 bridgehead atoms. The summed E-state index contributed by atoms with van der Waals surface area (Å²) in [6.07, 6.45) is 8.44. The van der Waals surface area contributed by atoms with Gasteiger partial charge in [-0.15, -0.1) is 0 Å². The zero-order chi connectivity index (χ0) is 13.6. The Kier molecular flexibility index (Phi) is 5.41. The second kappa shape index (κ2) is 7.06. The molecule has 0 radical (unpaired) electrons. The largest absolute Gasteiger partial charge is 0.378 e. The molecule has 1 aromatic rings. The highest BCUT2D eigenvalue weighted by molar-refractivity contribution is 5.17. The number of ether oxygens (including phenoxy) is 1. The molecule has 2 N–H and O–H groups in total. The van der Waals surface area contributed by atoms with Crippen LogP contribution in [0.1, 0.15) is 51.0 Å². The fraction of sp³-hybridized carbons (Fsp3) is 0.647. The van der Waals surface area contributed by atoms with Gasteiger partial charge in [0.1, 0.15) is 0 Å². The van der Waals surface area contributed by atoms with Gasteiger partial charge in [0.2, 0.25) is 0 Å². The van der Waals surface area contributed by atoms with Crippen molar-refractivity contribution in [3.05, 3.63) is 35.9 Å². The summed E-state index contributed by atoms with van der Waals surface area (Å²) >= 11 is 0. The summed E-state index contributed by atoms with van der Waals surface area (Å²) in [4.78, 5) is 0. The van der Waals surface area contributed by atoms with Gasteiger partial charge in [-0.2, -0.15) is 0 Å². The lowest BCUT2D eigenvalue weighted by molar-refractivity contribution is 0.0999. The zero-order valence-corrected chi connectivity index (χ0v) is 12.1. The first kappa shape index (κ1) is 14.5. The topological polar surface area (TPSA) is 35.2 Å². The summed E-state index contributed by atoms with van der Waals surface area (Å²) in [5.41, 5.74) is 7.87. The van der Waals surface area contributed by atoms with E-state index in [1.54, 1.807) is 0 Å². The molecule has 0 amide bonds. The Labute approximate surface area is 117 Å². The summed E-state index contributed by atoms with van der Waals surface area (Å²) in [6, 6.07) is 10.6. The number of nitrogens with two attached hydrogens (primary N) is 1. The van der Waals surface area contributed by atoms with Crippen LogP contribution in [0.5, 0.6) is 0 Å². The molecule has 1 saturated heterocycles. The van der Waals surface area contributed by atoms with Crippen molar-refractivity contribution in [2.24, 2.45) is 5.73 Å². The molecule has 106 valence electrons. The maximum Gasteiger partial charge on any atom is 0.0576 e. The van der Waals surface area contributed by atoms with E-state index in [4.69, 9.17) is 10.5 Å². The van der Waals surface area contributed by atoms with Gasteiger partial charge in [0.25, 0.3) is 0 Å². The minimum atomic E-state index is -0.0556. The molecule has 1 fully saturated rings. The highest BCUT2D eigenvalue weighted by Gasteiger charge is 2.24. The van der Waals surface area contributed by atoms with Gasteiger partial charge in [-0.05, 0) is 50.5 Å². The third-order valence-electron chi connectivity index (χ3n) is 4.33. The van der Waals surface area contributed by atoms with E-state index in [0.717, 1.165) is 25.9 Å². The lowest BCUT2D eigenvalue weighted by Crippen LogP contribution is -2.41. The van der Waals surface area contributed by atoms with E-state index in [1.165, 1.54) is 31.2 Å². The Hall–Kier alpha value is -0.860. The van der Waals surface area contributed by atoms with Crippen LogP contribution in [-0.2, 0) is 11.2 Å². The maximum atomic E-state index is 6.57. The van der Waals surface area contributed by atoms with Gasteiger partial charge >= 0.3 is 0 Å². The van der Waals surface area contributed by atoms with Gasteiger partial charge in [-0.3, -0.25) is 0 Å². The number of hydrogen-bond donors (Lipinski definition) is 1. The van der Waals surface area contributed by atoms with Crippen LogP contribution in [0, 0.1) is 0 Å². The smallest absolute Gasteiger partial charge is 0.0576 e. The molecule has 1 heterocycles. The van der Waals surface area contributed by atoms with Crippen LogP contribution >= 0.6 is 0 Å². The van der Waals surface area contributed by atoms with E-state index in [0.29, 0.717) is 6.10 Å². The number of benzene rings is 1. The first-order valence-corrected chi connectivity index (χ1v) is 7.66.